The molecule has 1 heterocycles. The van der Waals surface area contributed by atoms with Gasteiger partial charge in [0, 0.05) is 4.90 Å². The van der Waals surface area contributed by atoms with E-state index in [1.807, 2.05) is 44.4 Å². The van der Waals surface area contributed by atoms with Gasteiger partial charge in [0.1, 0.15) is 5.75 Å². The average Bonchev–Trinajstić information content (AvgIpc) is 2.79. The summed E-state index contributed by atoms with van der Waals surface area (Å²) in [6.07, 6.45) is 1.43. The lowest BCUT2D eigenvalue weighted by Gasteiger charge is -2.15. The molecule has 2 aromatic rings. The molecule has 5 nitrogen and oxygen atoms in total. The summed E-state index contributed by atoms with van der Waals surface area (Å²) in [6, 6.07) is 7.66. The van der Waals surface area contributed by atoms with Crippen LogP contribution in [0, 0.1) is 13.8 Å². The number of anilines is 1. The van der Waals surface area contributed by atoms with E-state index >= 15 is 0 Å². The molecule has 1 aromatic heterocycles. The second-order valence-corrected chi connectivity index (χ2v) is 5.61. The van der Waals surface area contributed by atoms with Crippen molar-refractivity contribution in [3.05, 3.63) is 35.7 Å². The number of carbonyl (C=O) groups excluding carboxylic acids is 1. The van der Waals surface area contributed by atoms with Crippen molar-refractivity contribution in [2.75, 3.05) is 11.6 Å². The summed E-state index contributed by atoms with van der Waals surface area (Å²) < 4.78 is 5.65. The normalized spacial score (nSPS) is 12.0. The molecular weight excluding hydrogens is 286 g/mol. The maximum atomic E-state index is 12.2. The van der Waals surface area contributed by atoms with E-state index in [1.165, 1.54) is 0 Å². The summed E-state index contributed by atoms with van der Waals surface area (Å²) >= 11 is 1.66. The van der Waals surface area contributed by atoms with Crippen molar-refractivity contribution < 1.29 is 9.53 Å². The molecule has 1 atom stereocenters. The van der Waals surface area contributed by atoms with Gasteiger partial charge in [-0.3, -0.25) is 9.89 Å². The third-order valence-corrected chi connectivity index (χ3v) is 3.86. The molecule has 1 aromatic carbocycles. The Morgan fingerprint density at radius 3 is 2.52 bits per heavy atom. The van der Waals surface area contributed by atoms with Crippen molar-refractivity contribution >= 4 is 23.4 Å². The zero-order valence-electron chi connectivity index (χ0n) is 12.6. The Kier molecular flexibility index (Phi) is 4.90. The van der Waals surface area contributed by atoms with Gasteiger partial charge in [0.2, 0.25) is 0 Å². The van der Waals surface area contributed by atoms with Gasteiger partial charge in [-0.25, -0.2) is 0 Å². The first-order chi connectivity index (χ1) is 10.0. The van der Waals surface area contributed by atoms with E-state index in [2.05, 4.69) is 15.5 Å². The van der Waals surface area contributed by atoms with Crippen LogP contribution in [-0.2, 0) is 4.79 Å². The van der Waals surface area contributed by atoms with E-state index in [-0.39, 0.29) is 5.91 Å². The van der Waals surface area contributed by atoms with Gasteiger partial charge < -0.3 is 10.1 Å². The second-order valence-electron chi connectivity index (χ2n) is 4.73. The lowest BCUT2D eigenvalue weighted by molar-refractivity contribution is -0.122. The molecule has 0 aliphatic heterocycles. The number of hydrogen-bond acceptors (Lipinski definition) is 4. The van der Waals surface area contributed by atoms with Gasteiger partial charge in [0.15, 0.2) is 6.10 Å². The van der Waals surface area contributed by atoms with Gasteiger partial charge in [-0.1, -0.05) is 0 Å². The number of nitrogens with one attached hydrogen (secondary N) is 2. The van der Waals surface area contributed by atoms with Gasteiger partial charge >= 0.3 is 0 Å². The van der Waals surface area contributed by atoms with Gasteiger partial charge in [-0.2, -0.15) is 5.10 Å². The Labute approximate surface area is 128 Å². The molecule has 0 bridgehead atoms. The summed E-state index contributed by atoms with van der Waals surface area (Å²) in [5.41, 5.74) is 2.31. The van der Waals surface area contributed by atoms with Crippen molar-refractivity contribution in [2.24, 2.45) is 0 Å². The fraction of sp³-hybridized carbons (Fsp3) is 0.333. The van der Waals surface area contributed by atoms with Crippen LogP contribution < -0.4 is 10.1 Å². The number of benzene rings is 1. The van der Waals surface area contributed by atoms with E-state index < -0.39 is 6.10 Å². The Morgan fingerprint density at radius 2 is 2.00 bits per heavy atom. The van der Waals surface area contributed by atoms with E-state index in [9.17, 15) is 4.79 Å². The smallest absolute Gasteiger partial charge is 0.265 e. The summed E-state index contributed by atoms with van der Waals surface area (Å²) in [7, 11) is 0. The number of hydrogen-bond donors (Lipinski definition) is 2. The van der Waals surface area contributed by atoms with E-state index in [0.29, 0.717) is 11.4 Å². The lowest BCUT2D eigenvalue weighted by Crippen LogP contribution is -2.30. The first-order valence-corrected chi connectivity index (χ1v) is 7.87. The summed E-state index contributed by atoms with van der Waals surface area (Å²) in [4.78, 5) is 13.3. The number of thioether (sulfide) groups is 1. The molecule has 112 valence electrons. The van der Waals surface area contributed by atoms with Crippen molar-refractivity contribution in [3.8, 4) is 5.75 Å². The minimum atomic E-state index is -0.584. The predicted molar refractivity (Wildman–Crippen MR) is 85.0 cm³/mol. The van der Waals surface area contributed by atoms with E-state index in [0.717, 1.165) is 16.3 Å². The molecule has 0 radical (unpaired) electrons. The van der Waals surface area contributed by atoms with Crippen molar-refractivity contribution in [3.63, 3.8) is 0 Å². The molecule has 0 saturated heterocycles. The Hall–Kier alpha value is -1.95. The quantitative estimate of drug-likeness (QED) is 0.833. The topological polar surface area (TPSA) is 67.0 Å². The molecule has 21 heavy (non-hydrogen) atoms. The van der Waals surface area contributed by atoms with Crippen molar-refractivity contribution in [2.45, 2.75) is 31.8 Å². The van der Waals surface area contributed by atoms with Crippen LogP contribution in [0.25, 0.3) is 0 Å². The van der Waals surface area contributed by atoms with Gasteiger partial charge in [-0.05, 0) is 51.3 Å². The van der Waals surface area contributed by atoms with Crippen LogP contribution in [0.15, 0.2) is 29.2 Å². The molecule has 6 heteroatoms. The van der Waals surface area contributed by atoms with Gasteiger partial charge in [0.25, 0.3) is 5.91 Å². The number of rotatable bonds is 5. The highest BCUT2D eigenvalue weighted by Crippen LogP contribution is 2.21. The van der Waals surface area contributed by atoms with Gasteiger partial charge in [0.05, 0.1) is 17.1 Å². The third-order valence-electron chi connectivity index (χ3n) is 3.12. The van der Waals surface area contributed by atoms with Crippen LogP contribution in [-0.4, -0.2) is 28.5 Å². The first kappa shape index (κ1) is 15.4. The number of carbonyl (C=O) groups is 1. The minimum absolute atomic E-state index is 0.198. The second kappa shape index (κ2) is 6.67. The lowest BCUT2D eigenvalue weighted by atomic mass is 10.3. The zero-order chi connectivity index (χ0) is 15.4. The fourth-order valence-electron chi connectivity index (χ4n) is 1.87. The number of aryl methyl sites for hydroxylation is 2. The molecule has 0 fully saturated rings. The molecule has 0 spiro atoms. The van der Waals surface area contributed by atoms with Crippen molar-refractivity contribution in [1.82, 2.24) is 10.2 Å². The molecular formula is C15H19N3O2S. The fourth-order valence-corrected chi connectivity index (χ4v) is 2.28. The number of nitrogens with zero attached hydrogens (tertiary/aromatic N) is 1. The first-order valence-electron chi connectivity index (χ1n) is 6.64. The number of amides is 1. The molecule has 1 unspecified atom stereocenters. The highest BCUT2D eigenvalue weighted by molar-refractivity contribution is 7.98. The molecule has 0 aliphatic carbocycles. The third kappa shape index (κ3) is 3.78. The largest absolute Gasteiger partial charge is 0.481 e. The predicted octanol–water partition coefficient (Wildman–Crippen LogP) is 3.15. The molecule has 0 saturated carbocycles. The molecule has 2 rings (SSSR count). The highest BCUT2D eigenvalue weighted by atomic mass is 32.2. The maximum Gasteiger partial charge on any atom is 0.265 e. The average molecular weight is 305 g/mol. The van der Waals surface area contributed by atoms with Crippen LogP contribution in [0.2, 0.25) is 0 Å². The number of aromatic amines is 1. The van der Waals surface area contributed by atoms with E-state index in [4.69, 9.17) is 4.74 Å². The standard InChI is InChI=1S/C15H19N3O2S/c1-9-14(10(2)18-17-9)16-15(19)11(3)20-12-5-7-13(21-4)8-6-12/h5-8,11H,1-4H3,(H,16,19)(H,17,18). The van der Waals surface area contributed by atoms with Crippen LogP contribution >= 0.6 is 11.8 Å². The van der Waals surface area contributed by atoms with Crippen molar-refractivity contribution in [1.29, 1.82) is 0 Å². The summed E-state index contributed by atoms with van der Waals surface area (Å²) in [5.74, 6) is 0.479. The number of ether oxygens (including phenoxy) is 1. The maximum absolute atomic E-state index is 12.2. The summed E-state index contributed by atoms with van der Waals surface area (Å²) in [5, 5.41) is 9.72. The monoisotopic (exact) mass is 305 g/mol. The summed E-state index contributed by atoms with van der Waals surface area (Å²) in [6.45, 7) is 5.43. The highest BCUT2D eigenvalue weighted by Gasteiger charge is 2.17. The molecule has 0 aliphatic rings. The molecule has 1 amide bonds. The number of H-pyrrole nitrogens is 1. The van der Waals surface area contributed by atoms with Gasteiger partial charge in [-0.15, -0.1) is 11.8 Å². The Bertz CT molecular complexity index is 603. The minimum Gasteiger partial charge on any atom is -0.481 e. The van der Waals surface area contributed by atoms with Crippen LogP contribution in [0.3, 0.4) is 0 Å². The zero-order valence-corrected chi connectivity index (χ0v) is 13.4. The Morgan fingerprint density at radius 1 is 1.33 bits per heavy atom. The van der Waals surface area contributed by atoms with Crippen LogP contribution in [0.5, 0.6) is 5.75 Å². The SMILES string of the molecule is CSc1ccc(OC(C)C(=O)Nc2c(C)n[nH]c2C)cc1. The Balaban J connectivity index is 1.99. The number of aromatic nitrogens is 2. The van der Waals surface area contributed by atoms with Crippen LogP contribution in [0.4, 0.5) is 5.69 Å². The van der Waals surface area contributed by atoms with E-state index in [1.54, 1.807) is 18.7 Å². The van der Waals surface area contributed by atoms with Crippen LogP contribution in [0.1, 0.15) is 18.3 Å². The molecule has 2 N–H and O–H groups in total.